The SMILES string of the molecule is C[C@H]1COc2ccc(Br)cc2N1. The first-order valence-corrected chi connectivity index (χ1v) is 4.74. The molecule has 0 aliphatic carbocycles. The van der Waals surface area contributed by atoms with Gasteiger partial charge in [0.1, 0.15) is 12.4 Å². The van der Waals surface area contributed by atoms with Gasteiger partial charge in [-0.05, 0) is 25.1 Å². The van der Waals surface area contributed by atoms with Crippen LogP contribution in [0.5, 0.6) is 5.75 Å². The Balaban J connectivity index is 2.37. The van der Waals surface area contributed by atoms with Gasteiger partial charge >= 0.3 is 0 Å². The molecule has 0 spiro atoms. The molecule has 1 N–H and O–H groups in total. The van der Waals surface area contributed by atoms with E-state index in [-0.39, 0.29) is 0 Å². The Morgan fingerprint density at radius 1 is 1.58 bits per heavy atom. The van der Waals surface area contributed by atoms with Crippen molar-refractivity contribution in [2.45, 2.75) is 13.0 Å². The quantitative estimate of drug-likeness (QED) is 0.736. The first-order chi connectivity index (χ1) is 5.75. The summed E-state index contributed by atoms with van der Waals surface area (Å²) in [5.74, 6) is 0.941. The molecule has 0 saturated heterocycles. The molecule has 2 rings (SSSR count). The van der Waals surface area contributed by atoms with Crippen LogP contribution in [-0.4, -0.2) is 12.6 Å². The Kier molecular flexibility index (Phi) is 1.97. The van der Waals surface area contributed by atoms with Crippen molar-refractivity contribution in [3.63, 3.8) is 0 Å². The number of rotatable bonds is 0. The molecule has 12 heavy (non-hydrogen) atoms. The second-order valence-corrected chi connectivity index (χ2v) is 3.91. The Morgan fingerprint density at radius 3 is 3.25 bits per heavy atom. The largest absolute Gasteiger partial charge is 0.489 e. The molecule has 0 unspecified atom stereocenters. The number of halogens is 1. The third-order valence-corrected chi connectivity index (χ3v) is 2.33. The van der Waals surface area contributed by atoms with E-state index in [1.807, 2.05) is 18.2 Å². The molecule has 0 radical (unpaired) electrons. The highest BCUT2D eigenvalue weighted by Gasteiger charge is 2.14. The second kappa shape index (κ2) is 2.98. The molecule has 3 heteroatoms. The second-order valence-electron chi connectivity index (χ2n) is 3.00. The van der Waals surface area contributed by atoms with Gasteiger partial charge in [-0.3, -0.25) is 0 Å². The molecule has 1 heterocycles. The van der Waals surface area contributed by atoms with Crippen molar-refractivity contribution >= 4 is 21.6 Å². The van der Waals surface area contributed by atoms with E-state index >= 15 is 0 Å². The van der Waals surface area contributed by atoms with Gasteiger partial charge in [0.25, 0.3) is 0 Å². The van der Waals surface area contributed by atoms with Crippen LogP contribution in [0.3, 0.4) is 0 Å². The summed E-state index contributed by atoms with van der Waals surface area (Å²) in [6, 6.07) is 6.38. The fraction of sp³-hybridized carbons (Fsp3) is 0.333. The van der Waals surface area contributed by atoms with E-state index in [9.17, 15) is 0 Å². The minimum atomic E-state index is 0.395. The summed E-state index contributed by atoms with van der Waals surface area (Å²) < 4.78 is 6.58. The standard InChI is InChI=1S/C9H10BrNO/c1-6-5-12-9-3-2-7(10)4-8(9)11-6/h2-4,6,11H,5H2,1H3/t6-/m0/s1. The van der Waals surface area contributed by atoms with Gasteiger partial charge in [-0.1, -0.05) is 15.9 Å². The van der Waals surface area contributed by atoms with E-state index in [1.165, 1.54) is 0 Å². The van der Waals surface area contributed by atoms with Gasteiger partial charge in [0.15, 0.2) is 0 Å². The van der Waals surface area contributed by atoms with Gasteiger partial charge in [-0.2, -0.15) is 0 Å². The maximum atomic E-state index is 5.51. The topological polar surface area (TPSA) is 21.3 Å². The number of hydrogen-bond acceptors (Lipinski definition) is 2. The molecule has 1 aromatic carbocycles. The molecule has 2 nitrogen and oxygen atoms in total. The van der Waals surface area contributed by atoms with Crippen LogP contribution in [0.1, 0.15) is 6.92 Å². The van der Waals surface area contributed by atoms with Gasteiger partial charge in [0, 0.05) is 4.47 Å². The predicted octanol–water partition coefficient (Wildman–Crippen LogP) is 2.64. The third-order valence-electron chi connectivity index (χ3n) is 1.83. The lowest BCUT2D eigenvalue weighted by Gasteiger charge is -2.24. The van der Waals surface area contributed by atoms with Crippen molar-refractivity contribution in [1.82, 2.24) is 0 Å². The van der Waals surface area contributed by atoms with Crippen molar-refractivity contribution in [3.8, 4) is 5.75 Å². The van der Waals surface area contributed by atoms with Gasteiger partial charge in [-0.25, -0.2) is 0 Å². The number of fused-ring (bicyclic) bond motifs is 1. The molecule has 1 atom stereocenters. The Hall–Kier alpha value is -0.700. The van der Waals surface area contributed by atoms with Crippen LogP contribution in [0.15, 0.2) is 22.7 Å². The minimum Gasteiger partial charge on any atom is -0.489 e. The Morgan fingerprint density at radius 2 is 2.42 bits per heavy atom. The zero-order valence-electron chi connectivity index (χ0n) is 6.80. The van der Waals surface area contributed by atoms with E-state index in [0.717, 1.165) is 22.5 Å². The van der Waals surface area contributed by atoms with E-state index in [1.54, 1.807) is 0 Å². The number of benzene rings is 1. The van der Waals surface area contributed by atoms with Gasteiger partial charge < -0.3 is 10.1 Å². The third kappa shape index (κ3) is 1.41. The summed E-state index contributed by atoms with van der Waals surface area (Å²) >= 11 is 3.41. The van der Waals surface area contributed by atoms with E-state index < -0.39 is 0 Å². The van der Waals surface area contributed by atoms with Crippen LogP contribution in [0.4, 0.5) is 5.69 Å². The van der Waals surface area contributed by atoms with Crippen LogP contribution in [0.25, 0.3) is 0 Å². The van der Waals surface area contributed by atoms with E-state index in [0.29, 0.717) is 6.04 Å². The van der Waals surface area contributed by atoms with Crippen LogP contribution in [0, 0.1) is 0 Å². The molecule has 1 aliphatic rings. The summed E-state index contributed by atoms with van der Waals surface area (Å²) in [6.45, 7) is 2.85. The van der Waals surface area contributed by atoms with Crippen molar-refractivity contribution < 1.29 is 4.74 Å². The lowest BCUT2D eigenvalue weighted by molar-refractivity contribution is 0.292. The van der Waals surface area contributed by atoms with Crippen molar-refractivity contribution in [2.24, 2.45) is 0 Å². The number of nitrogens with one attached hydrogen (secondary N) is 1. The average Bonchev–Trinajstić information content (AvgIpc) is 2.03. The zero-order valence-corrected chi connectivity index (χ0v) is 8.39. The van der Waals surface area contributed by atoms with Crippen molar-refractivity contribution in [1.29, 1.82) is 0 Å². The molecule has 64 valence electrons. The molecule has 0 bridgehead atoms. The van der Waals surface area contributed by atoms with Crippen LogP contribution in [0.2, 0.25) is 0 Å². The summed E-state index contributed by atoms with van der Waals surface area (Å²) in [5.41, 5.74) is 1.07. The molecule has 0 aromatic heterocycles. The summed E-state index contributed by atoms with van der Waals surface area (Å²) in [6.07, 6.45) is 0. The van der Waals surface area contributed by atoms with Gasteiger partial charge in [-0.15, -0.1) is 0 Å². The normalized spacial score (nSPS) is 20.7. The molecule has 1 aromatic rings. The molecular formula is C9H10BrNO. The van der Waals surface area contributed by atoms with Crippen molar-refractivity contribution in [2.75, 3.05) is 11.9 Å². The average molecular weight is 228 g/mol. The predicted molar refractivity (Wildman–Crippen MR) is 52.7 cm³/mol. The molecular weight excluding hydrogens is 218 g/mol. The van der Waals surface area contributed by atoms with Gasteiger partial charge in [0.2, 0.25) is 0 Å². The lowest BCUT2D eigenvalue weighted by Crippen LogP contribution is -2.28. The number of anilines is 1. The smallest absolute Gasteiger partial charge is 0.142 e. The monoisotopic (exact) mass is 227 g/mol. The molecule has 1 aliphatic heterocycles. The maximum absolute atomic E-state index is 5.51. The number of ether oxygens (including phenoxy) is 1. The maximum Gasteiger partial charge on any atom is 0.142 e. The van der Waals surface area contributed by atoms with E-state index in [2.05, 4.69) is 28.2 Å². The molecule has 0 fully saturated rings. The fourth-order valence-electron chi connectivity index (χ4n) is 1.26. The van der Waals surface area contributed by atoms with Crippen LogP contribution < -0.4 is 10.1 Å². The Bertz CT molecular complexity index is 301. The minimum absolute atomic E-state index is 0.395. The highest BCUT2D eigenvalue weighted by molar-refractivity contribution is 9.10. The van der Waals surface area contributed by atoms with Crippen LogP contribution >= 0.6 is 15.9 Å². The van der Waals surface area contributed by atoms with E-state index in [4.69, 9.17) is 4.74 Å². The zero-order chi connectivity index (χ0) is 8.55. The summed E-state index contributed by atoms with van der Waals surface area (Å²) in [5, 5.41) is 3.35. The highest BCUT2D eigenvalue weighted by Crippen LogP contribution is 2.31. The van der Waals surface area contributed by atoms with Crippen molar-refractivity contribution in [3.05, 3.63) is 22.7 Å². The summed E-state index contributed by atoms with van der Waals surface area (Å²) in [7, 11) is 0. The molecule has 0 amide bonds. The Labute approximate surface area is 80.1 Å². The lowest BCUT2D eigenvalue weighted by atomic mass is 10.2. The number of hydrogen-bond donors (Lipinski definition) is 1. The molecule has 0 saturated carbocycles. The first-order valence-electron chi connectivity index (χ1n) is 3.94. The highest BCUT2D eigenvalue weighted by atomic mass is 79.9. The van der Waals surface area contributed by atoms with Crippen LogP contribution in [-0.2, 0) is 0 Å². The first kappa shape index (κ1) is 7.92. The summed E-state index contributed by atoms with van der Waals surface area (Å²) in [4.78, 5) is 0. The fourth-order valence-corrected chi connectivity index (χ4v) is 1.62. The van der Waals surface area contributed by atoms with Gasteiger partial charge in [0.05, 0.1) is 11.7 Å².